The summed E-state index contributed by atoms with van der Waals surface area (Å²) in [6, 6.07) is 0. The zero-order chi connectivity index (χ0) is 7.28. The standard InChI is InChI=1S/C7H8O2/c1-3-5-6(4-2)7(8)9/h4-5H,1H2,2H3,(H,8,9). The van der Waals surface area contributed by atoms with E-state index in [0.717, 1.165) is 0 Å². The van der Waals surface area contributed by atoms with Gasteiger partial charge in [0.1, 0.15) is 0 Å². The van der Waals surface area contributed by atoms with Crippen molar-refractivity contribution in [1.29, 1.82) is 0 Å². The minimum absolute atomic E-state index is 0.213. The van der Waals surface area contributed by atoms with E-state index in [4.69, 9.17) is 5.11 Å². The van der Waals surface area contributed by atoms with E-state index in [1.54, 1.807) is 6.92 Å². The van der Waals surface area contributed by atoms with Crippen molar-refractivity contribution in [3.05, 3.63) is 30.0 Å². The van der Waals surface area contributed by atoms with Crippen molar-refractivity contribution < 1.29 is 9.90 Å². The summed E-state index contributed by atoms with van der Waals surface area (Å²) in [5, 5.41) is 8.34. The molecule has 0 spiro atoms. The van der Waals surface area contributed by atoms with Gasteiger partial charge < -0.3 is 5.11 Å². The van der Waals surface area contributed by atoms with Crippen LogP contribution < -0.4 is 0 Å². The molecule has 0 saturated heterocycles. The van der Waals surface area contributed by atoms with Gasteiger partial charge in [-0.1, -0.05) is 12.7 Å². The first-order valence-electron chi connectivity index (χ1n) is 2.47. The van der Waals surface area contributed by atoms with Crippen LogP contribution in [0.4, 0.5) is 0 Å². The molecule has 0 radical (unpaired) electrons. The Balaban J connectivity index is 4.37. The van der Waals surface area contributed by atoms with Crippen molar-refractivity contribution in [3.8, 4) is 0 Å². The third kappa shape index (κ3) is 2.52. The van der Waals surface area contributed by atoms with E-state index in [1.807, 2.05) is 0 Å². The van der Waals surface area contributed by atoms with E-state index < -0.39 is 5.97 Å². The molecule has 0 unspecified atom stereocenters. The van der Waals surface area contributed by atoms with Crippen LogP contribution in [0.15, 0.2) is 30.0 Å². The fourth-order valence-corrected chi connectivity index (χ4v) is 0.379. The molecule has 2 heteroatoms. The highest BCUT2D eigenvalue weighted by molar-refractivity contribution is 5.89. The molecule has 0 saturated carbocycles. The van der Waals surface area contributed by atoms with Crippen LogP contribution in [0.25, 0.3) is 0 Å². The monoisotopic (exact) mass is 124 g/mol. The van der Waals surface area contributed by atoms with E-state index in [-0.39, 0.29) is 5.57 Å². The first-order valence-corrected chi connectivity index (χ1v) is 2.47. The van der Waals surface area contributed by atoms with Crippen LogP contribution in [0.3, 0.4) is 0 Å². The van der Waals surface area contributed by atoms with E-state index in [1.165, 1.54) is 12.2 Å². The van der Waals surface area contributed by atoms with Crippen LogP contribution >= 0.6 is 0 Å². The van der Waals surface area contributed by atoms with Gasteiger partial charge in [0.15, 0.2) is 0 Å². The maximum atomic E-state index is 10.2. The lowest BCUT2D eigenvalue weighted by atomic mass is 10.2. The molecule has 0 fully saturated rings. The molecule has 0 aliphatic heterocycles. The third-order valence-corrected chi connectivity index (χ3v) is 0.816. The second-order valence-corrected chi connectivity index (χ2v) is 1.40. The summed E-state index contributed by atoms with van der Waals surface area (Å²) in [7, 11) is 0. The highest BCUT2D eigenvalue weighted by atomic mass is 16.4. The minimum atomic E-state index is -0.950. The second-order valence-electron chi connectivity index (χ2n) is 1.40. The zero-order valence-electron chi connectivity index (χ0n) is 5.22. The summed E-state index contributed by atoms with van der Waals surface area (Å²) in [5.41, 5.74) is 2.59. The molecule has 0 atom stereocenters. The number of hydrogen-bond donors (Lipinski definition) is 1. The van der Waals surface area contributed by atoms with Crippen molar-refractivity contribution in [1.82, 2.24) is 0 Å². The van der Waals surface area contributed by atoms with Gasteiger partial charge in [0.05, 0.1) is 5.57 Å². The lowest BCUT2D eigenvalue weighted by Gasteiger charge is -1.86. The van der Waals surface area contributed by atoms with Gasteiger partial charge in [0.2, 0.25) is 0 Å². The average molecular weight is 124 g/mol. The molecule has 0 aliphatic rings. The summed E-state index contributed by atoms with van der Waals surface area (Å²) in [5.74, 6) is -0.950. The van der Waals surface area contributed by atoms with Gasteiger partial charge in [-0.3, -0.25) is 0 Å². The molecule has 0 heterocycles. The Hall–Kier alpha value is -1.27. The predicted octanol–water partition coefficient (Wildman–Crippen LogP) is 1.36. The Labute approximate surface area is 53.8 Å². The minimum Gasteiger partial charge on any atom is -0.478 e. The Morgan fingerprint density at radius 1 is 1.78 bits per heavy atom. The molecule has 0 aliphatic carbocycles. The quantitative estimate of drug-likeness (QED) is 0.343. The normalized spacial score (nSPS) is 10.1. The van der Waals surface area contributed by atoms with Crippen LogP contribution in [0.2, 0.25) is 0 Å². The van der Waals surface area contributed by atoms with Crippen molar-refractivity contribution in [3.63, 3.8) is 0 Å². The molecule has 2 nitrogen and oxygen atoms in total. The highest BCUT2D eigenvalue weighted by Crippen LogP contribution is 1.93. The van der Waals surface area contributed by atoms with Crippen LogP contribution in [0.1, 0.15) is 6.92 Å². The van der Waals surface area contributed by atoms with E-state index in [2.05, 4.69) is 12.3 Å². The largest absolute Gasteiger partial charge is 0.478 e. The Morgan fingerprint density at radius 2 is 2.33 bits per heavy atom. The number of carbonyl (C=O) groups is 1. The molecule has 0 bridgehead atoms. The molecular formula is C7H8O2. The summed E-state index contributed by atoms with van der Waals surface area (Å²) in [6.45, 7) is 4.90. The first kappa shape index (κ1) is 7.73. The molecule has 1 N–H and O–H groups in total. The summed E-state index contributed by atoms with van der Waals surface area (Å²) in [6.07, 6.45) is 2.81. The van der Waals surface area contributed by atoms with E-state index in [9.17, 15) is 4.79 Å². The highest BCUT2D eigenvalue weighted by Gasteiger charge is 1.97. The van der Waals surface area contributed by atoms with Crippen LogP contribution in [-0.2, 0) is 4.79 Å². The van der Waals surface area contributed by atoms with Crippen LogP contribution in [0.5, 0.6) is 0 Å². The Bertz CT molecular complexity index is 179. The number of carboxylic acid groups (broad SMARTS) is 1. The summed E-state index contributed by atoms with van der Waals surface area (Å²) in [4.78, 5) is 10.2. The van der Waals surface area contributed by atoms with Crippen LogP contribution in [-0.4, -0.2) is 11.1 Å². The lowest BCUT2D eigenvalue weighted by molar-refractivity contribution is -0.132. The fraction of sp³-hybridized carbons (Fsp3) is 0.143. The topological polar surface area (TPSA) is 37.3 Å². The molecule has 0 amide bonds. The Kier molecular flexibility index (Phi) is 3.18. The molecular weight excluding hydrogens is 116 g/mol. The van der Waals surface area contributed by atoms with E-state index in [0.29, 0.717) is 0 Å². The number of aliphatic carboxylic acids is 1. The number of rotatable bonds is 2. The van der Waals surface area contributed by atoms with Crippen molar-refractivity contribution in [2.24, 2.45) is 0 Å². The average Bonchev–Trinajstić information content (AvgIpc) is 1.82. The SMILES string of the molecule is C=C=CC(=CC)C(=O)O. The number of allylic oxidation sites excluding steroid dienone is 1. The van der Waals surface area contributed by atoms with Crippen molar-refractivity contribution in [2.45, 2.75) is 6.92 Å². The van der Waals surface area contributed by atoms with Gasteiger partial charge in [-0.25, -0.2) is 4.79 Å². The molecule has 9 heavy (non-hydrogen) atoms. The van der Waals surface area contributed by atoms with Crippen molar-refractivity contribution in [2.75, 3.05) is 0 Å². The molecule has 0 aromatic carbocycles. The fourth-order valence-electron chi connectivity index (χ4n) is 0.379. The smallest absolute Gasteiger partial charge is 0.335 e. The maximum absolute atomic E-state index is 10.2. The Morgan fingerprint density at radius 3 is 2.44 bits per heavy atom. The predicted molar refractivity (Wildman–Crippen MR) is 35.1 cm³/mol. The van der Waals surface area contributed by atoms with Crippen molar-refractivity contribution >= 4 is 5.97 Å². The van der Waals surface area contributed by atoms with Gasteiger partial charge >= 0.3 is 5.97 Å². The van der Waals surface area contributed by atoms with Gasteiger partial charge in [-0.2, -0.15) is 0 Å². The van der Waals surface area contributed by atoms with Gasteiger partial charge in [0.25, 0.3) is 0 Å². The number of carboxylic acids is 1. The first-order chi connectivity index (χ1) is 4.22. The third-order valence-electron chi connectivity index (χ3n) is 0.816. The molecule has 0 rings (SSSR count). The maximum Gasteiger partial charge on any atom is 0.335 e. The molecule has 48 valence electrons. The van der Waals surface area contributed by atoms with E-state index >= 15 is 0 Å². The second kappa shape index (κ2) is 3.70. The number of hydrogen-bond acceptors (Lipinski definition) is 1. The van der Waals surface area contributed by atoms with Gasteiger partial charge in [-0.15, -0.1) is 5.73 Å². The zero-order valence-corrected chi connectivity index (χ0v) is 5.22. The molecule has 0 aromatic rings. The van der Waals surface area contributed by atoms with Crippen LogP contribution in [0, 0.1) is 0 Å². The summed E-state index contributed by atoms with van der Waals surface area (Å²) < 4.78 is 0. The summed E-state index contributed by atoms with van der Waals surface area (Å²) >= 11 is 0. The van der Waals surface area contributed by atoms with Gasteiger partial charge in [-0.05, 0) is 13.0 Å². The lowest BCUT2D eigenvalue weighted by Crippen LogP contribution is -1.95. The molecule has 0 aromatic heterocycles. The van der Waals surface area contributed by atoms with Gasteiger partial charge in [0, 0.05) is 0 Å².